The molecule has 4 nitrogen and oxygen atoms in total. The van der Waals surface area contributed by atoms with E-state index in [9.17, 15) is 9.18 Å². The topological polar surface area (TPSA) is 38.8 Å². The summed E-state index contributed by atoms with van der Waals surface area (Å²) in [6.07, 6.45) is 0. The summed E-state index contributed by atoms with van der Waals surface area (Å²) in [5.74, 6) is 0.679. The fraction of sp³-hybridized carbons (Fsp3) is 0.278. The zero-order valence-corrected chi connectivity index (χ0v) is 13.1. The lowest BCUT2D eigenvalue weighted by Gasteiger charge is -2.25. The predicted octanol–water partition coefficient (Wildman–Crippen LogP) is 3.78. The van der Waals surface area contributed by atoms with E-state index in [0.29, 0.717) is 24.5 Å². The summed E-state index contributed by atoms with van der Waals surface area (Å²) in [6.45, 7) is 4.79. The molecule has 5 heteroatoms. The monoisotopic (exact) mass is 315 g/mol. The molecule has 0 N–H and O–H groups in total. The Hall–Kier alpha value is -2.56. The lowest BCUT2D eigenvalue weighted by molar-refractivity contribution is 0.101. The molecule has 2 aromatic rings. The van der Waals surface area contributed by atoms with Gasteiger partial charge in [0.05, 0.1) is 11.3 Å². The van der Waals surface area contributed by atoms with Crippen LogP contribution in [0.15, 0.2) is 36.4 Å². The van der Waals surface area contributed by atoms with E-state index in [-0.39, 0.29) is 18.1 Å². The van der Waals surface area contributed by atoms with E-state index in [2.05, 4.69) is 0 Å². The van der Waals surface area contributed by atoms with Gasteiger partial charge in [-0.25, -0.2) is 4.39 Å². The first-order valence-corrected chi connectivity index (χ1v) is 7.53. The van der Waals surface area contributed by atoms with Crippen molar-refractivity contribution < 1.29 is 18.7 Å². The molecule has 0 atom stereocenters. The van der Waals surface area contributed by atoms with Crippen molar-refractivity contribution in [2.75, 3.05) is 18.2 Å². The molecule has 120 valence electrons. The van der Waals surface area contributed by atoms with Crippen LogP contribution in [-0.4, -0.2) is 19.1 Å². The minimum Gasteiger partial charge on any atom is -0.454 e. The molecule has 1 heterocycles. The zero-order valence-electron chi connectivity index (χ0n) is 13.1. The van der Waals surface area contributed by atoms with Gasteiger partial charge in [0, 0.05) is 13.1 Å². The van der Waals surface area contributed by atoms with E-state index >= 15 is 0 Å². The number of fused-ring (bicyclic) bond motifs is 1. The van der Waals surface area contributed by atoms with Crippen molar-refractivity contribution in [1.82, 2.24) is 0 Å². The Bertz CT molecular complexity index is 745. The standard InChI is InChI=1S/C18H18FNO3/c1-3-20(15-6-4-5-14(19)18(15)12(2)21)10-13-7-8-16-17(9-13)23-11-22-16/h4-9H,3,10-11H2,1-2H3. The van der Waals surface area contributed by atoms with Crippen LogP contribution in [0.5, 0.6) is 11.5 Å². The highest BCUT2D eigenvalue weighted by Gasteiger charge is 2.19. The van der Waals surface area contributed by atoms with E-state index in [1.165, 1.54) is 13.0 Å². The molecule has 1 aliphatic rings. The molecule has 0 unspecified atom stereocenters. The predicted molar refractivity (Wildman–Crippen MR) is 85.7 cm³/mol. The molecule has 0 saturated heterocycles. The average molecular weight is 315 g/mol. The van der Waals surface area contributed by atoms with Gasteiger partial charge in [-0.05, 0) is 43.7 Å². The Balaban J connectivity index is 1.92. The third kappa shape index (κ3) is 2.99. The van der Waals surface area contributed by atoms with Crippen molar-refractivity contribution >= 4 is 11.5 Å². The van der Waals surface area contributed by atoms with Gasteiger partial charge in [0.15, 0.2) is 17.3 Å². The Labute approximate surface area is 134 Å². The molecular weight excluding hydrogens is 297 g/mol. The van der Waals surface area contributed by atoms with Crippen LogP contribution >= 0.6 is 0 Å². The van der Waals surface area contributed by atoms with Crippen molar-refractivity contribution in [2.45, 2.75) is 20.4 Å². The Kier molecular flexibility index (Phi) is 4.19. The lowest BCUT2D eigenvalue weighted by Crippen LogP contribution is -2.24. The Morgan fingerprint density at radius 2 is 2.00 bits per heavy atom. The number of halogens is 1. The van der Waals surface area contributed by atoms with Crippen LogP contribution in [0.4, 0.5) is 10.1 Å². The number of hydrogen-bond acceptors (Lipinski definition) is 4. The molecule has 0 fully saturated rings. The molecular formula is C18H18FNO3. The smallest absolute Gasteiger partial charge is 0.231 e. The number of carbonyl (C=O) groups excluding carboxylic acids is 1. The number of ether oxygens (including phenoxy) is 2. The fourth-order valence-corrected chi connectivity index (χ4v) is 2.75. The third-order valence-corrected chi connectivity index (χ3v) is 3.88. The molecule has 0 amide bonds. The molecule has 3 rings (SSSR count). The summed E-state index contributed by atoms with van der Waals surface area (Å²) in [5.41, 5.74) is 1.75. The van der Waals surface area contributed by atoms with Crippen LogP contribution in [0.3, 0.4) is 0 Å². The number of anilines is 1. The first kappa shape index (κ1) is 15.3. The maximum Gasteiger partial charge on any atom is 0.231 e. The highest BCUT2D eigenvalue weighted by molar-refractivity contribution is 6.00. The summed E-state index contributed by atoms with van der Waals surface area (Å²) in [5, 5.41) is 0. The van der Waals surface area contributed by atoms with Gasteiger partial charge in [-0.15, -0.1) is 0 Å². The van der Waals surface area contributed by atoms with Crippen LogP contribution < -0.4 is 14.4 Å². The minimum atomic E-state index is -0.487. The quantitative estimate of drug-likeness (QED) is 0.787. The van der Waals surface area contributed by atoms with Crippen molar-refractivity contribution in [3.8, 4) is 11.5 Å². The Morgan fingerprint density at radius 3 is 2.74 bits per heavy atom. The number of benzene rings is 2. The molecule has 0 saturated carbocycles. The van der Waals surface area contributed by atoms with Crippen molar-refractivity contribution in [3.05, 3.63) is 53.3 Å². The fourth-order valence-electron chi connectivity index (χ4n) is 2.75. The molecule has 0 aliphatic carbocycles. The first-order valence-electron chi connectivity index (χ1n) is 7.53. The van der Waals surface area contributed by atoms with Gasteiger partial charge >= 0.3 is 0 Å². The maximum absolute atomic E-state index is 14.0. The maximum atomic E-state index is 14.0. The largest absolute Gasteiger partial charge is 0.454 e. The van der Waals surface area contributed by atoms with Gasteiger partial charge < -0.3 is 14.4 Å². The zero-order chi connectivity index (χ0) is 16.4. The number of ketones is 1. The van der Waals surface area contributed by atoms with Crippen LogP contribution in [0.25, 0.3) is 0 Å². The Morgan fingerprint density at radius 1 is 1.22 bits per heavy atom. The highest BCUT2D eigenvalue weighted by atomic mass is 19.1. The van der Waals surface area contributed by atoms with Gasteiger partial charge in [0.2, 0.25) is 6.79 Å². The SMILES string of the molecule is CCN(Cc1ccc2c(c1)OCO2)c1cccc(F)c1C(C)=O. The normalized spacial score (nSPS) is 12.3. The molecule has 23 heavy (non-hydrogen) atoms. The number of hydrogen-bond donors (Lipinski definition) is 0. The van der Waals surface area contributed by atoms with E-state index < -0.39 is 5.82 Å². The van der Waals surface area contributed by atoms with Crippen LogP contribution in [0.2, 0.25) is 0 Å². The highest BCUT2D eigenvalue weighted by Crippen LogP contribution is 2.33. The summed E-state index contributed by atoms with van der Waals surface area (Å²) in [4.78, 5) is 13.8. The van der Waals surface area contributed by atoms with E-state index in [0.717, 1.165) is 11.3 Å². The molecule has 2 aromatic carbocycles. The van der Waals surface area contributed by atoms with Gasteiger partial charge in [-0.1, -0.05) is 12.1 Å². The molecule has 0 bridgehead atoms. The van der Waals surface area contributed by atoms with Crippen molar-refractivity contribution in [1.29, 1.82) is 0 Å². The van der Waals surface area contributed by atoms with E-state index in [4.69, 9.17) is 9.47 Å². The molecule has 0 radical (unpaired) electrons. The summed E-state index contributed by atoms with van der Waals surface area (Å²) >= 11 is 0. The molecule has 0 aromatic heterocycles. The van der Waals surface area contributed by atoms with Gasteiger partial charge in [0.1, 0.15) is 5.82 Å². The molecule has 0 spiro atoms. The molecule has 1 aliphatic heterocycles. The van der Waals surface area contributed by atoms with E-state index in [1.54, 1.807) is 12.1 Å². The van der Waals surface area contributed by atoms with E-state index in [1.807, 2.05) is 30.0 Å². The van der Waals surface area contributed by atoms with Gasteiger partial charge in [0.25, 0.3) is 0 Å². The third-order valence-electron chi connectivity index (χ3n) is 3.88. The number of Topliss-reactive ketones (excluding diaryl/α,β-unsaturated/α-hetero) is 1. The number of carbonyl (C=O) groups is 1. The minimum absolute atomic E-state index is 0.134. The van der Waals surface area contributed by atoms with Crippen molar-refractivity contribution in [3.63, 3.8) is 0 Å². The summed E-state index contributed by atoms with van der Waals surface area (Å²) < 4.78 is 24.7. The van der Waals surface area contributed by atoms with Crippen LogP contribution in [0, 0.1) is 5.82 Å². The average Bonchev–Trinajstić information content (AvgIpc) is 2.99. The van der Waals surface area contributed by atoms with Crippen LogP contribution in [-0.2, 0) is 6.54 Å². The second-order valence-corrected chi connectivity index (χ2v) is 5.39. The number of nitrogens with zero attached hydrogens (tertiary/aromatic N) is 1. The van der Waals surface area contributed by atoms with Crippen LogP contribution in [0.1, 0.15) is 29.8 Å². The lowest BCUT2D eigenvalue weighted by atomic mass is 10.1. The van der Waals surface area contributed by atoms with Gasteiger partial charge in [-0.3, -0.25) is 4.79 Å². The summed E-state index contributed by atoms with van der Waals surface area (Å²) in [7, 11) is 0. The second kappa shape index (κ2) is 6.28. The first-order chi connectivity index (χ1) is 11.1. The van der Waals surface area contributed by atoms with Gasteiger partial charge in [-0.2, -0.15) is 0 Å². The van der Waals surface area contributed by atoms with Crippen molar-refractivity contribution in [2.24, 2.45) is 0 Å². The number of rotatable bonds is 5. The summed E-state index contributed by atoms with van der Waals surface area (Å²) in [6, 6.07) is 10.4. The second-order valence-electron chi connectivity index (χ2n) is 5.39.